The van der Waals surface area contributed by atoms with Gasteiger partial charge >= 0.3 is 5.97 Å². The topological polar surface area (TPSA) is 62.5 Å². The molecule has 1 aliphatic rings. The van der Waals surface area contributed by atoms with E-state index in [0.717, 1.165) is 5.39 Å². The van der Waals surface area contributed by atoms with Gasteiger partial charge in [0.25, 0.3) is 0 Å². The second-order valence-electron chi connectivity index (χ2n) is 3.72. The highest BCUT2D eigenvalue weighted by atomic mass is 16.4. The standard InChI is InChI=1S/C9H6O3.C6H7N/c10-9(11)8-5-6-3-1-2-4-7(6)12-8;1-2-4-6-7-5-3-1/h1-5H,(H,10,11);1-7H. The van der Waals surface area contributed by atoms with Crippen LogP contribution >= 0.6 is 0 Å². The molecule has 19 heavy (non-hydrogen) atoms. The highest BCUT2D eigenvalue weighted by Gasteiger charge is 2.08. The van der Waals surface area contributed by atoms with Gasteiger partial charge in [0.2, 0.25) is 5.76 Å². The van der Waals surface area contributed by atoms with Crippen LogP contribution in [0, 0.1) is 0 Å². The molecule has 96 valence electrons. The molecule has 0 aliphatic carbocycles. The Balaban J connectivity index is 0.000000163. The Labute approximate surface area is 110 Å². The van der Waals surface area contributed by atoms with Crippen LogP contribution in [0.3, 0.4) is 0 Å². The summed E-state index contributed by atoms with van der Waals surface area (Å²) in [5.74, 6) is -1.05. The average molecular weight is 255 g/mol. The maximum Gasteiger partial charge on any atom is 0.371 e. The number of hydrogen-bond acceptors (Lipinski definition) is 3. The first-order valence-corrected chi connectivity index (χ1v) is 5.73. The lowest BCUT2D eigenvalue weighted by Gasteiger charge is -1.83. The van der Waals surface area contributed by atoms with Crippen LogP contribution in [0.5, 0.6) is 0 Å². The minimum atomic E-state index is -1.04. The first-order valence-electron chi connectivity index (χ1n) is 5.73. The highest BCUT2D eigenvalue weighted by Crippen LogP contribution is 2.18. The normalized spacial score (nSPS) is 12.4. The van der Waals surface area contributed by atoms with E-state index < -0.39 is 5.97 Å². The van der Waals surface area contributed by atoms with E-state index in [0.29, 0.717) is 5.58 Å². The zero-order valence-corrected chi connectivity index (χ0v) is 10.1. The summed E-state index contributed by atoms with van der Waals surface area (Å²) in [5, 5.41) is 12.3. The van der Waals surface area contributed by atoms with Crippen LogP contribution in [-0.4, -0.2) is 11.1 Å². The highest BCUT2D eigenvalue weighted by molar-refractivity contribution is 5.91. The number of nitrogens with one attached hydrogen (secondary N) is 1. The molecule has 4 nitrogen and oxygen atoms in total. The molecule has 1 aliphatic heterocycles. The number of furan rings is 1. The Morgan fingerprint density at radius 1 is 1.05 bits per heavy atom. The molecule has 0 fully saturated rings. The molecule has 0 radical (unpaired) electrons. The van der Waals surface area contributed by atoms with E-state index in [1.165, 1.54) is 6.07 Å². The Kier molecular flexibility index (Phi) is 4.18. The summed E-state index contributed by atoms with van der Waals surface area (Å²) in [6.45, 7) is 0. The summed E-state index contributed by atoms with van der Waals surface area (Å²) in [6, 6.07) is 8.70. The monoisotopic (exact) mass is 255 g/mol. The van der Waals surface area contributed by atoms with Crippen molar-refractivity contribution < 1.29 is 14.3 Å². The molecule has 0 saturated heterocycles. The average Bonchev–Trinajstić information content (AvgIpc) is 2.63. The van der Waals surface area contributed by atoms with Gasteiger partial charge in [-0.1, -0.05) is 30.4 Å². The van der Waals surface area contributed by atoms with Crippen molar-refractivity contribution in [2.75, 3.05) is 0 Å². The van der Waals surface area contributed by atoms with Crippen molar-refractivity contribution in [2.45, 2.75) is 0 Å². The van der Waals surface area contributed by atoms with Gasteiger partial charge in [-0.05, 0) is 24.3 Å². The fraction of sp³-hybridized carbons (Fsp3) is 0. The molecule has 2 aromatic rings. The van der Waals surface area contributed by atoms with Crippen LogP contribution in [0.25, 0.3) is 11.0 Å². The van der Waals surface area contributed by atoms with Gasteiger partial charge < -0.3 is 14.8 Å². The largest absolute Gasteiger partial charge is 0.475 e. The minimum absolute atomic E-state index is 0.0174. The molecule has 0 saturated carbocycles. The molecule has 2 heterocycles. The molecule has 4 heteroatoms. The molecular weight excluding hydrogens is 242 g/mol. The van der Waals surface area contributed by atoms with Crippen molar-refractivity contribution in [1.29, 1.82) is 0 Å². The van der Waals surface area contributed by atoms with Crippen LogP contribution < -0.4 is 5.32 Å². The maximum atomic E-state index is 10.5. The predicted molar refractivity (Wildman–Crippen MR) is 73.7 cm³/mol. The first-order chi connectivity index (χ1) is 9.27. The molecule has 0 spiro atoms. The van der Waals surface area contributed by atoms with E-state index >= 15 is 0 Å². The number of aromatic carboxylic acids is 1. The van der Waals surface area contributed by atoms with Gasteiger partial charge in [-0.25, -0.2) is 4.79 Å². The number of fused-ring (bicyclic) bond motifs is 1. The lowest BCUT2D eigenvalue weighted by atomic mass is 10.2. The van der Waals surface area contributed by atoms with E-state index in [9.17, 15) is 4.79 Å². The van der Waals surface area contributed by atoms with Crippen molar-refractivity contribution in [2.24, 2.45) is 0 Å². The number of carboxylic acids is 1. The summed E-state index contributed by atoms with van der Waals surface area (Å²) >= 11 is 0. The summed E-state index contributed by atoms with van der Waals surface area (Å²) in [4.78, 5) is 10.5. The summed E-state index contributed by atoms with van der Waals surface area (Å²) in [6.07, 6.45) is 11.6. The van der Waals surface area contributed by atoms with Gasteiger partial charge in [0, 0.05) is 17.8 Å². The maximum absolute atomic E-state index is 10.5. The van der Waals surface area contributed by atoms with Gasteiger partial charge in [0.05, 0.1) is 0 Å². The van der Waals surface area contributed by atoms with Crippen LogP contribution in [0.15, 0.2) is 71.5 Å². The number of para-hydroxylation sites is 1. The Hall–Kier alpha value is -2.75. The van der Waals surface area contributed by atoms with Gasteiger partial charge in [-0.2, -0.15) is 0 Å². The number of rotatable bonds is 1. The lowest BCUT2D eigenvalue weighted by molar-refractivity contribution is 0.0665. The van der Waals surface area contributed by atoms with Gasteiger partial charge in [0.15, 0.2) is 0 Å². The third-order valence-corrected chi connectivity index (χ3v) is 2.35. The van der Waals surface area contributed by atoms with Crippen molar-refractivity contribution in [3.05, 3.63) is 72.8 Å². The van der Waals surface area contributed by atoms with Crippen molar-refractivity contribution >= 4 is 16.9 Å². The van der Waals surface area contributed by atoms with Crippen molar-refractivity contribution in [1.82, 2.24) is 5.32 Å². The summed E-state index contributed by atoms with van der Waals surface area (Å²) < 4.78 is 5.03. The zero-order valence-electron chi connectivity index (χ0n) is 10.1. The molecule has 2 N–H and O–H groups in total. The Morgan fingerprint density at radius 3 is 2.37 bits per heavy atom. The zero-order chi connectivity index (χ0) is 13.5. The summed E-state index contributed by atoms with van der Waals surface area (Å²) in [7, 11) is 0. The summed E-state index contributed by atoms with van der Waals surface area (Å²) in [5.41, 5.74) is 0.606. The minimum Gasteiger partial charge on any atom is -0.475 e. The number of benzene rings is 1. The van der Waals surface area contributed by atoms with Crippen LogP contribution in [0.2, 0.25) is 0 Å². The van der Waals surface area contributed by atoms with Crippen molar-refractivity contribution in [3.8, 4) is 0 Å². The number of hydrogen-bond donors (Lipinski definition) is 2. The second-order valence-corrected chi connectivity index (χ2v) is 3.72. The van der Waals surface area contributed by atoms with Gasteiger partial charge in [-0.3, -0.25) is 0 Å². The quantitative estimate of drug-likeness (QED) is 0.820. The molecule has 0 bridgehead atoms. The van der Waals surface area contributed by atoms with Crippen LogP contribution in [0.4, 0.5) is 0 Å². The SMILES string of the molecule is C1=CC=CNC=C1.O=C(O)c1cc2ccccc2o1. The molecule has 3 rings (SSSR count). The molecular formula is C15H13NO3. The fourth-order valence-electron chi connectivity index (χ4n) is 1.49. The third-order valence-electron chi connectivity index (χ3n) is 2.35. The smallest absolute Gasteiger partial charge is 0.371 e. The molecule has 1 aromatic heterocycles. The number of carboxylic acid groups (broad SMARTS) is 1. The van der Waals surface area contributed by atoms with Crippen molar-refractivity contribution in [3.63, 3.8) is 0 Å². The number of allylic oxidation sites excluding steroid dienone is 4. The van der Waals surface area contributed by atoms with E-state index in [2.05, 4.69) is 5.32 Å². The third kappa shape index (κ3) is 3.61. The molecule has 0 amide bonds. The first kappa shape index (κ1) is 12.7. The van der Waals surface area contributed by atoms with E-state index in [4.69, 9.17) is 9.52 Å². The fourth-order valence-corrected chi connectivity index (χ4v) is 1.49. The second kappa shape index (κ2) is 6.26. The van der Waals surface area contributed by atoms with Gasteiger partial charge in [-0.15, -0.1) is 0 Å². The Morgan fingerprint density at radius 2 is 1.74 bits per heavy atom. The van der Waals surface area contributed by atoms with Crippen LogP contribution in [-0.2, 0) is 0 Å². The van der Waals surface area contributed by atoms with Gasteiger partial charge in [0.1, 0.15) is 5.58 Å². The van der Waals surface area contributed by atoms with Crippen LogP contribution in [0.1, 0.15) is 10.6 Å². The van der Waals surface area contributed by atoms with E-state index in [1.807, 2.05) is 48.8 Å². The molecule has 0 unspecified atom stereocenters. The number of carbonyl (C=O) groups is 1. The predicted octanol–water partition coefficient (Wildman–Crippen LogP) is 3.30. The van der Waals surface area contributed by atoms with E-state index in [-0.39, 0.29) is 5.76 Å². The Bertz CT molecular complexity index is 603. The lowest BCUT2D eigenvalue weighted by Crippen LogP contribution is -1.91. The molecule has 1 aromatic carbocycles. The van der Waals surface area contributed by atoms with E-state index in [1.54, 1.807) is 12.1 Å². The molecule has 0 atom stereocenters.